The number of aryl methyl sites for hydroxylation is 1. The number of rotatable bonds is 5. The molecule has 1 N–H and O–H groups in total. The van der Waals surface area contributed by atoms with Gasteiger partial charge in [-0.05, 0) is 37.5 Å². The molecule has 0 aliphatic heterocycles. The molecule has 2 rings (SSSR count). The normalized spacial score (nSPS) is 10.7. The van der Waals surface area contributed by atoms with E-state index in [1.165, 1.54) is 6.33 Å². The van der Waals surface area contributed by atoms with Crippen molar-refractivity contribution in [1.82, 2.24) is 9.97 Å². The Morgan fingerprint density at radius 3 is 2.70 bits per heavy atom. The van der Waals surface area contributed by atoms with Gasteiger partial charge in [-0.25, -0.2) is 9.97 Å². The molecule has 2 aromatic rings. The van der Waals surface area contributed by atoms with Crippen LogP contribution in [0.5, 0.6) is 11.6 Å². The van der Waals surface area contributed by atoms with Crippen molar-refractivity contribution in [2.45, 2.75) is 33.6 Å². The Labute approximate surface area is 120 Å². The average Bonchev–Trinajstić information content (AvgIpc) is 2.39. The molecule has 4 nitrogen and oxygen atoms in total. The molecule has 1 heterocycles. The van der Waals surface area contributed by atoms with Crippen LogP contribution in [0.1, 0.15) is 37.8 Å². The summed E-state index contributed by atoms with van der Waals surface area (Å²) in [5, 5.41) is 3.26. The third-order valence-corrected chi connectivity index (χ3v) is 2.97. The van der Waals surface area contributed by atoms with E-state index in [4.69, 9.17) is 4.74 Å². The summed E-state index contributed by atoms with van der Waals surface area (Å²) in [7, 11) is 0. The van der Waals surface area contributed by atoms with Crippen molar-refractivity contribution >= 4 is 5.82 Å². The predicted molar refractivity (Wildman–Crippen MR) is 81.5 cm³/mol. The van der Waals surface area contributed by atoms with Crippen molar-refractivity contribution in [3.05, 3.63) is 41.7 Å². The Morgan fingerprint density at radius 2 is 2.05 bits per heavy atom. The van der Waals surface area contributed by atoms with Crippen LogP contribution < -0.4 is 10.1 Å². The zero-order valence-electron chi connectivity index (χ0n) is 12.5. The zero-order chi connectivity index (χ0) is 14.5. The van der Waals surface area contributed by atoms with Gasteiger partial charge in [-0.15, -0.1) is 0 Å². The highest BCUT2D eigenvalue weighted by molar-refractivity contribution is 5.51. The summed E-state index contributed by atoms with van der Waals surface area (Å²) in [6.45, 7) is 9.14. The van der Waals surface area contributed by atoms with E-state index in [1.807, 2.05) is 38.1 Å². The zero-order valence-corrected chi connectivity index (χ0v) is 12.5. The summed E-state index contributed by atoms with van der Waals surface area (Å²) in [6.07, 6.45) is 1.54. The molecule has 0 amide bonds. The molecular formula is C16H21N3O. The molecular weight excluding hydrogens is 250 g/mol. The van der Waals surface area contributed by atoms with Crippen LogP contribution in [0.4, 0.5) is 5.82 Å². The molecule has 0 atom stereocenters. The number of benzene rings is 1. The van der Waals surface area contributed by atoms with Gasteiger partial charge >= 0.3 is 0 Å². The maximum atomic E-state index is 5.95. The van der Waals surface area contributed by atoms with E-state index in [9.17, 15) is 0 Å². The second-order valence-electron chi connectivity index (χ2n) is 5.04. The number of aromatic nitrogens is 2. The predicted octanol–water partition coefficient (Wildman–Crippen LogP) is 4.13. The van der Waals surface area contributed by atoms with Crippen LogP contribution in [-0.2, 0) is 0 Å². The lowest BCUT2D eigenvalue weighted by molar-refractivity contribution is 0.451. The van der Waals surface area contributed by atoms with Gasteiger partial charge in [0, 0.05) is 6.54 Å². The summed E-state index contributed by atoms with van der Waals surface area (Å²) in [6, 6.07) is 7.96. The van der Waals surface area contributed by atoms with Gasteiger partial charge in [-0.2, -0.15) is 0 Å². The highest BCUT2D eigenvalue weighted by Crippen LogP contribution is 2.32. The van der Waals surface area contributed by atoms with Gasteiger partial charge < -0.3 is 10.1 Å². The second kappa shape index (κ2) is 6.37. The lowest BCUT2D eigenvalue weighted by Crippen LogP contribution is -2.07. The first kappa shape index (κ1) is 14.3. The van der Waals surface area contributed by atoms with Crippen LogP contribution in [0, 0.1) is 6.92 Å². The Bertz CT molecular complexity index is 582. The second-order valence-corrected chi connectivity index (χ2v) is 5.04. The third-order valence-electron chi connectivity index (χ3n) is 2.97. The fourth-order valence-corrected chi connectivity index (χ4v) is 2.08. The van der Waals surface area contributed by atoms with Crippen LogP contribution in [0.15, 0.2) is 30.6 Å². The lowest BCUT2D eigenvalue weighted by Gasteiger charge is -2.16. The van der Waals surface area contributed by atoms with E-state index >= 15 is 0 Å². The van der Waals surface area contributed by atoms with Crippen LogP contribution in [-0.4, -0.2) is 16.5 Å². The van der Waals surface area contributed by atoms with Gasteiger partial charge in [0.2, 0.25) is 5.88 Å². The van der Waals surface area contributed by atoms with Crippen molar-refractivity contribution in [3.8, 4) is 11.6 Å². The molecule has 20 heavy (non-hydrogen) atoms. The fraction of sp³-hybridized carbons (Fsp3) is 0.375. The molecule has 0 bridgehead atoms. The quantitative estimate of drug-likeness (QED) is 0.888. The summed E-state index contributed by atoms with van der Waals surface area (Å²) in [5.74, 6) is 2.55. The monoisotopic (exact) mass is 271 g/mol. The first-order valence-corrected chi connectivity index (χ1v) is 6.95. The van der Waals surface area contributed by atoms with E-state index in [0.717, 1.165) is 29.2 Å². The number of ether oxygens (including phenoxy) is 1. The molecule has 106 valence electrons. The molecule has 1 aromatic carbocycles. The molecule has 0 spiro atoms. The summed E-state index contributed by atoms with van der Waals surface area (Å²) < 4.78 is 5.95. The maximum Gasteiger partial charge on any atom is 0.227 e. The molecule has 0 aliphatic carbocycles. The van der Waals surface area contributed by atoms with Crippen LogP contribution in [0.3, 0.4) is 0 Å². The smallest absolute Gasteiger partial charge is 0.227 e. The Balaban J connectivity index is 2.38. The fourth-order valence-electron chi connectivity index (χ4n) is 2.08. The topological polar surface area (TPSA) is 47.0 Å². The molecule has 0 fully saturated rings. The van der Waals surface area contributed by atoms with Crippen molar-refractivity contribution in [1.29, 1.82) is 0 Å². The SMILES string of the molecule is CCNc1ncnc(Oc2cccc(C)c2)c1C(C)C. The van der Waals surface area contributed by atoms with Crippen LogP contribution in [0.25, 0.3) is 0 Å². The number of anilines is 1. The molecule has 0 radical (unpaired) electrons. The van der Waals surface area contributed by atoms with Crippen molar-refractivity contribution in [2.24, 2.45) is 0 Å². The van der Waals surface area contributed by atoms with Crippen LogP contribution in [0.2, 0.25) is 0 Å². The summed E-state index contributed by atoms with van der Waals surface area (Å²) in [4.78, 5) is 8.60. The first-order valence-electron chi connectivity index (χ1n) is 6.95. The highest BCUT2D eigenvalue weighted by atomic mass is 16.5. The van der Waals surface area contributed by atoms with E-state index in [0.29, 0.717) is 5.88 Å². The van der Waals surface area contributed by atoms with Crippen molar-refractivity contribution < 1.29 is 4.74 Å². The maximum absolute atomic E-state index is 5.95. The molecule has 4 heteroatoms. The minimum atomic E-state index is 0.282. The van der Waals surface area contributed by atoms with Gasteiger partial charge in [-0.1, -0.05) is 26.0 Å². The third kappa shape index (κ3) is 3.26. The Kier molecular flexibility index (Phi) is 4.56. The number of nitrogens with one attached hydrogen (secondary N) is 1. The minimum Gasteiger partial charge on any atom is -0.439 e. The molecule has 0 saturated heterocycles. The van der Waals surface area contributed by atoms with E-state index in [1.54, 1.807) is 0 Å². The molecule has 0 saturated carbocycles. The molecule has 0 aliphatic rings. The average molecular weight is 271 g/mol. The van der Waals surface area contributed by atoms with E-state index in [2.05, 4.69) is 29.1 Å². The van der Waals surface area contributed by atoms with Gasteiger partial charge in [0.1, 0.15) is 17.9 Å². The number of hydrogen-bond acceptors (Lipinski definition) is 4. The van der Waals surface area contributed by atoms with Gasteiger partial charge in [-0.3, -0.25) is 0 Å². The Morgan fingerprint density at radius 1 is 1.25 bits per heavy atom. The van der Waals surface area contributed by atoms with Gasteiger partial charge in [0.15, 0.2) is 0 Å². The standard InChI is InChI=1S/C16H21N3O/c1-5-17-15-14(11(2)3)16(19-10-18-15)20-13-8-6-7-12(4)9-13/h6-11H,5H2,1-4H3,(H,17,18,19). The minimum absolute atomic E-state index is 0.282. The van der Waals surface area contributed by atoms with E-state index in [-0.39, 0.29) is 5.92 Å². The summed E-state index contributed by atoms with van der Waals surface area (Å²) in [5.41, 5.74) is 2.17. The Hall–Kier alpha value is -2.10. The first-order chi connectivity index (χ1) is 9.61. The van der Waals surface area contributed by atoms with Gasteiger partial charge in [0.05, 0.1) is 5.56 Å². The van der Waals surface area contributed by atoms with Gasteiger partial charge in [0.25, 0.3) is 0 Å². The summed E-state index contributed by atoms with van der Waals surface area (Å²) >= 11 is 0. The lowest BCUT2D eigenvalue weighted by atomic mass is 10.1. The molecule has 0 unspecified atom stereocenters. The number of hydrogen-bond donors (Lipinski definition) is 1. The van der Waals surface area contributed by atoms with Crippen molar-refractivity contribution in [3.63, 3.8) is 0 Å². The van der Waals surface area contributed by atoms with E-state index < -0.39 is 0 Å². The highest BCUT2D eigenvalue weighted by Gasteiger charge is 2.16. The van der Waals surface area contributed by atoms with Crippen LogP contribution >= 0.6 is 0 Å². The largest absolute Gasteiger partial charge is 0.439 e. The number of nitrogens with zero attached hydrogens (tertiary/aromatic N) is 2. The molecule has 1 aromatic heterocycles. The van der Waals surface area contributed by atoms with Crippen molar-refractivity contribution in [2.75, 3.05) is 11.9 Å².